The number of hydrogen-bond acceptors (Lipinski definition) is 7. The van der Waals surface area contributed by atoms with Gasteiger partial charge in [0, 0.05) is 22.7 Å². The molecule has 172 valence electrons. The van der Waals surface area contributed by atoms with Gasteiger partial charge in [0.2, 0.25) is 5.95 Å². The van der Waals surface area contributed by atoms with E-state index < -0.39 is 17.3 Å². The fraction of sp³-hybridized carbons (Fsp3) is 0.409. The Labute approximate surface area is 189 Å². The second-order valence-electron chi connectivity index (χ2n) is 8.43. The van der Waals surface area contributed by atoms with Crippen LogP contribution in [0.1, 0.15) is 38.4 Å². The molecule has 3 rings (SSSR count). The van der Waals surface area contributed by atoms with E-state index >= 15 is 0 Å². The Balaban J connectivity index is 1.86. The number of anilines is 2. The Morgan fingerprint density at radius 3 is 2.56 bits per heavy atom. The lowest BCUT2D eigenvalue weighted by Gasteiger charge is -2.27. The maximum Gasteiger partial charge on any atom is 0.419 e. The average molecular weight is 466 g/mol. The average Bonchev–Trinajstić information content (AvgIpc) is 3.09. The number of alkyl halides is 3. The first kappa shape index (κ1) is 23.9. The van der Waals surface area contributed by atoms with Crippen molar-refractivity contribution in [2.24, 2.45) is 11.7 Å². The van der Waals surface area contributed by atoms with Crippen molar-refractivity contribution in [3.8, 4) is 17.0 Å². The highest BCUT2D eigenvalue weighted by atomic mass is 32.1. The summed E-state index contributed by atoms with van der Waals surface area (Å²) in [7, 11) is 0. The highest BCUT2D eigenvalue weighted by Crippen LogP contribution is 2.39. The van der Waals surface area contributed by atoms with Crippen molar-refractivity contribution in [2.45, 2.75) is 45.8 Å². The van der Waals surface area contributed by atoms with Gasteiger partial charge in [0.05, 0.1) is 17.0 Å². The molecule has 0 fully saturated rings. The van der Waals surface area contributed by atoms with Crippen molar-refractivity contribution < 1.29 is 17.9 Å². The fourth-order valence-corrected chi connectivity index (χ4v) is 4.04. The molecule has 0 amide bonds. The van der Waals surface area contributed by atoms with E-state index in [1.165, 1.54) is 23.6 Å². The first-order valence-electron chi connectivity index (χ1n) is 10.1. The monoisotopic (exact) mass is 465 g/mol. The van der Waals surface area contributed by atoms with Crippen molar-refractivity contribution in [3.63, 3.8) is 0 Å². The summed E-state index contributed by atoms with van der Waals surface area (Å²) in [6, 6.07) is 5.43. The van der Waals surface area contributed by atoms with E-state index in [0.29, 0.717) is 28.7 Å². The van der Waals surface area contributed by atoms with Crippen molar-refractivity contribution in [1.29, 1.82) is 0 Å². The molecule has 0 aliphatic heterocycles. The summed E-state index contributed by atoms with van der Waals surface area (Å²) >= 11 is 1.39. The van der Waals surface area contributed by atoms with E-state index in [9.17, 15) is 13.2 Å². The van der Waals surface area contributed by atoms with Crippen LogP contribution in [0.4, 0.5) is 24.3 Å². The SMILES string of the molecule is Cc1csc(Nc2nccc(-c3ccc(OC[C@@](C)(N)CC(C)C)c(C(F)(F)F)c3)n2)n1. The number of aryl methyl sites for hydroxylation is 1. The number of halogens is 3. The Morgan fingerprint density at radius 2 is 1.94 bits per heavy atom. The third-order valence-corrected chi connectivity index (χ3v) is 5.38. The predicted molar refractivity (Wildman–Crippen MR) is 120 cm³/mol. The van der Waals surface area contributed by atoms with Gasteiger partial charge in [-0.1, -0.05) is 13.8 Å². The molecule has 2 aromatic heterocycles. The molecule has 0 aliphatic carbocycles. The quantitative estimate of drug-likeness (QED) is 0.436. The summed E-state index contributed by atoms with van der Waals surface area (Å²) in [6.45, 7) is 7.61. The lowest BCUT2D eigenvalue weighted by molar-refractivity contribution is -0.139. The van der Waals surface area contributed by atoms with Crippen LogP contribution in [0.2, 0.25) is 0 Å². The Bertz CT molecular complexity index is 1070. The highest BCUT2D eigenvalue weighted by molar-refractivity contribution is 7.13. The number of ether oxygens (including phenoxy) is 1. The van der Waals surface area contributed by atoms with Gasteiger partial charge >= 0.3 is 6.18 Å². The third-order valence-electron chi connectivity index (χ3n) is 4.51. The zero-order valence-corrected chi connectivity index (χ0v) is 19.1. The molecule has 6 nitrogen and oxygen atoms in total. The van der Waals surface area contributed by atoms with Gasteiger partial charge in [-0.2, -0.15) is 13.2 Å². The molecule has 10 heteroatoms. The number of aromatic nitrogens is 3. The van der Waals surface area contributed by atoms with E-state index in [4.69, 9.17) is 10.5 Å². The van der Waals surface area contributed by atoms with Crippen LogP contribution in [-0.4, -0.2) is 27.1 Å². The second kappa shape index (κ2) is 9.41. The number of thiazole rings is 1. The molecule has 32 heavy (non-hydrogen) atoms. The molecule has 2 heterocycles. The van der Waals surface area contributed by atoms with Crippen LogP contribution in [0.3, 0.4) is 0 Å². The molecule has 0 bridgehead atoms. The molecule has 1 atom stereocenters. The highest BCUT2D eigenvalue weighted by Gasteiger charge is 2.35. The topological polar surface area (TPSA) is 86.0 Å². The van der Waals surface area contributed by atoms with Gasteiger partial charge < -0.3 is 15.8 Å². The molecular weight excluding hydrogens is 439 g/mol. The van der Waals surface area contributed by atoms with Crippen LogP contribution in [0.15, 0.2) is 35.8 Å². The van der Waals surface area contributed by atoms with E-state index in [1.807, 2.05) is 26.2 Å². The van der Waals surface area contributed by atoms with E-state index in [2.05, 4.69) is 20.3 Å². The van der Waals surface area contributed by atoms with Crippen molar-refractivity contribution in [2.75, 3.05) is 11.9 Å². The third kappa shape index (κ3) is 6.39. The molecule has 0 saturated carbocycles. The number of nitrogens with two attached hydrogens (primary N) is 1. The number of hydrogen-bond donors (Lipinski definition) is 2. The predicted octanol–water partition coefficient (Wildman–Crippen LogP) is 5.81. The molecule has 0 radical (unpaired) electrons. The summed E-state index contributed by atoms with van der Waals surface area (Å²) < 4.78 is 46.9. The standard InChI is InChI=1S/C22H26F3N5OS/c1-13(2)10-21(4,26)12-31-18-6-5-15(9-16(18)22(23,24)25)17-7-8-27-19(29-17)30-20-28-14(3)11-32-20/h5-9,11,13H,10,12,26H2,1-4H3,(H,27,28,29,30)/t21-/m0/s1. The van der Waals surface area contributed by atoms with Crippen molar-refractivity contribution in [1.82, 2.24) is 15.0 Å². The molecule has 0 aliphatic rings. The first-order valence-corrected chi connectivity index (χ1v) is 11.0. The minimum Gasteiger partial charge on any atom is -0.491 e. The van der Waals surface area contributed by atoms with Gasteiger partial charge in [-0.15, -0.1) is 11.3 Å². The molecule has 1 aromatic carbocycles. The smallest absolute Gasteiger partial charge is 0.419 e. The van der Waals surface area contributed by atoms with E-state index in [-0.39, 0.29) is 18.3 Å². The van der Waals surface area contributed by atoms with Crippen molar-refractivity contribution in [3.05, 3.63) is 47.1 Å². The Hall–Kier alpha value is -2.72. The molecule has 0 unspecified atom stereocenters. The summed E-state index contributed by atoms with van der Waals surface area (Å²) in [4.78, 5) is 12.7. The summed E-state index contributed by atoms with van der Waals surface area (Å²) in [5.41, 5.74) is 6.06. The minimum atomic E-state index is -4.60. The van der Waals surface area contributed by atoms with Crippen LogP contribution < -0.4 is 15.8 Å². The molecule has 3 N–H and O–H groups in total. The minimum absolute atomic E-state index is 0.0254. The second-order valence-corrected chi connectivity index (χ2v) is 9.29. The van der Waals surface area contributed by atoms with Crippen LogP contribution >= 0.6 is 11.3 Å². The molecule has 0 saturated heterocycles. The number of rotatable bonds is 8. The zero-order chi connectivity index (χ0) is 23.5. The number of benzene rings is 1. The van der Waals surface area contributed by atoms with E-state index in [1.54, 1.807) is 19.1 Å². The number of nitrogens with one attached hydrogen (secondary N) is 1. The van der Waals surface area contributed by atoms with Crippen LogP contribution in [0, 0.1) is 12.8 Å². The van der Waals surface area contributed by atoms with Crippen molar-refractivity contribution >= 4 is 22.4 Å². The number of nitrogens with zero attached hydrogens (tertiary/aromatic N) is 3. The van der Waals surface area contributed by atoms with Crippen LogP contribution in [0.25, 0.3) is 11.3 Å². The Morgan fingerprint density at radius 1 is 1.19 bits per heavy atom. The molecular formula is C22H26F3N5OS. The normalized spacial score (nSPS) is 13.8. The summed E-state index contributed by atoms with van der Waals surface area (Å²) in [5.74, 6) is 0.289. The van der Waals surface area contributed by atoms with Gasteiger partial charge in [0.15, 0.2) is 5.13 Å². The van der Waals surface area contributed by atoms with Crippen LogP contribution in [0.5, 0.6) is 5.75 Å². The first-order chi connectivity index (χ1) is 14.9. The maximum absolute atomic E-state index is 13.8. The largest absolute Gasteiger partial charge is 0.491 e. The lowest BCUT2D eigenvalue weighted by atomic mass is 9.93. The van der Waals surface area contributed by atoms with Gasteiger partial charge in [0.25, 0.3) is 0 Å². The molecule has 3 aromatic rings. The summed E-state index contributed by atoms with van der Waals surface area (Å²) in [5, 5.41) is 5.44. The Kier molecular flexibility index (Phi) is 7.04. The zero-order valence-electron chi connectivity index (χ0n) is 18.3. The fourth-order valence-electron chi connectivity index (χ4n) is 3.36. The van der Waals surface area contributed by atoms with Crippen LogP contribution in [-0.2, 0) is 6.18 Å². The van der Waals surface area contributed by atoms with Gasteiger partial charge in [-0.05, 0) is 50.5 Å². The van der Waals surface area contributed by atoms with Gasteiger partial charge in [0.1, 0.15) is 12.4 Å². The summed E-state index contributed by atoms with van der Waals surface area (Å²) in [6.07, 6.45) is -2.49. The lowest BCUT2D eigenvalue weighted by Crippen LogP contribution is -2.43. The maximum atomic E-state index is 13.8. The van der Waals surface area contributed by atoms with E-state index in [0.717, 1.165) is 11.8 Å². The van der Waals surface area contributed by atoms with Gasteiger partial charge in [-0.3, -0.25) is 0 Å². The van der Waals surface area contributed by atoms with Gasteiger partial charge in [-0.25, -0.2) is 15.0 Å². The molecule has 0 spiro atoms.